The van der Waals surface area contributed by atoms with Crippen LogP contribution in [-0.2, 0) is 0 Å². The van der Waals surface area contributed by atoms with Crippen molar-refractivity contribution in [3.63, 3.8) is 0 Å². The molecule has 0 aliphatic carbocycles. The normalized spacial score (nSPS) is 9.50. The van der Waals surface area contributed by atoms with Crippen LogP contribution >= 0.6 is 11.6 Å². The van der Waals surface area contributed by atoms with E-state index in [1.54, 1.807) is 42.7 Å². The minimum absolute atomic E-state index is 0.215. The second-order valence-electron chi connectivity index (χ2n) is 3.89. The Morgan fingerprint density at radius 2 is 2.05 bits per heavy atom. The monoisotopic (exact) mass is 285 g/mol. The fraction of sp³-hybridized carbons (Fsp3) is 0.0667. The molecule has 2 rings (SSSR count). The molecular weight excluding hydrogens is 274 g/mol. The number of amides is 1. The topological polar surface area (TPSA) is 68.0 Å². The summed E-state index contributed by atoms with van der Waals surface area (Å²) in [5, 5.41) is 3.30. The smallest absolute Gasteiger partial charge is 0.255 e. The highest BCUT2D eigenvalue weighted by Crippen LogP contribution is 2.20. The van der Waals surface area contributed by atoms with Gasteiger partial charge in [-0.3, -0.25) is 9.78 Å². The third kappa shape index (κ3) is 3.58. The summed E-state index contributed by atoms with van der Waals surface area (Å²) >= 11 is 6.02. The molecule has 0 bridgehead atoms. The van der Waals surface area contributed by atoms with E-state index >= 15 is 0 Å². The largest absolute Gasteiger partial charge is 0.322 e. The molecular formula is C15H12ClN3O. The minimum atomic E-state index is -0.215. The Hall–Kier alpha value is -2.35. The highest BCUT2D eigenvalue weighted by molar-refractivity contribution is 6.31. The predicted molar refractivity (Wildman–Crippen MR) is 79.6 cm³/mol. The van der Waals surface area contributed by atoms with Crippen molar-refractivity contribution in [2.75, 3.05) is 11.9 Å². The van der Waals surface area contributed by atoms with Gasteiger partial charge in [0.05, 0.1) is 11.6 Å². The molecule has 0 unspecified atom stereocenters. The molecule has 100 valence electrons. The van der Waals surface area contributed by atoms with Gasteiger partial charge in [-0.1, -0.05) is 23.4 Å². The first-order valence-electron chi connectivity index (χ1n) is 5.90. The number of rotatable bonds is 2. The molecule has 3 N–H and O–H groups in total. The third-order valence-corrected chi connectivity index (χ3v) is 2.82. The maximum absolute atomic E-state index is 12.0. The van der Waals surface area contributed by atoms with Gasteiger partial charge in [0.2, 0.25) is 0 Å². The number of pyridine rings is 1. The third-order valence-electron chi connectivity index (χ3n) is 2.49. The molecule has 0 saturated heterocycles. The Morgan fingerprint density at radius 3 is 2.75 bits per heavy atom. The zero-order valence-electron chi connectivity index (χ0n) is 10.6. The molecule has 0 radical (unpaired) electrons. The van der Waals surface area contributed by atoms with Gasteiger partial charge in [-0.15, -0.1) is 0 Å². The van der Waals surface area contributed by atoms with E-state index in [1.807, 2.05) is 0 Å². The summed E-state index contributed by atoms with van der Waals surface area (Å²) in [4.78, 5) is 15.9. The van der Waals surface area contributed by atoms with Gasteiger partial charge in [-0.05, 0) is 30.3 Å². The molecule has 0 aliphatic rings. The average molecular weight is 286 g/mol. The van der Waals surface area contributed by atoms with Crippen LogP contribution in [0.25, 0.3) is 0 Å². The number of nitrogens with zero attached hydrogens (tertiary/aromatic N) is 1. The first-order valence-corrected chi connectivity index (χ1v) is 6.28. The van der Waals surface area contributed by atoms with E-state index < -0.39 is 0 Å². The Balaban J connectivity index is 2.20. The van der Waals surface area contributed by atoms with Crippen molar-refractivity contribution in [3.05, 3.63) is 58.9 Å². The number of aromatic nitrogens is 1. The summed E-state index contributed by atoms with van der Waals surface area (Å²) < 4.78 is 0. The molecule has 4 nitrogen and oxygen atoms in total. The molecule has 0 spiro atoms. The van der Waals surface area contributed by atoms with E-state index in [-0.39, 0.29) is 12.5 Å². The van der Waals surface area contributed by atoms with Crippen LogP contribution in [0.3, 0.4) is 0 Å². The minimum Gasteiger partial charge on any atom is -0.322 e. The lowest BCUT2D eigenvalue weighted by Gasteiger charge is -2.06. The van der Waals surface area contributed by atoms with Crippen molar-refractivity contribution in [2.45, 2.75) is 0 Å². The zero-order chi connectivity index (χ0) is 14.4. The quantitative estimate of drug-likeness (QED) is 0.832. The van der Waals surface area contributed by atoms with Gasteiger partial charge < -0.3 is 11.1 Å². The maximum atomic E-state index is 12.0. The summed E-state index contributed by atoms with van der Waals surface area (Å²) in [6.07, 6.45) is 3.13. The number of halogens is 1. The number of nitrogens with two attached hydrogens (primary N) is 1. The molecule has 2 aromatic rings. The zero-order valence-corrected chi connectivity index (χ0v) is 11.3. The number of benzene rings is 1. The van der Waals surface area contributed by atoms with Crippen LogP contribution in [0.15, 0.2) is 42.7 Å². The highest BCUT2D eigenvalue weighted by atomic mass is 35.5. The number of carbonyl (C=O) groups excluding carboxylic acids is 1. The molecule has 0 atom stereocenters. The molecule has 0 saturated carbocycles. The van der Waals surface area contributed by atoms with Crippen LogP contribution in [-0.4, -0.2) is 17.4 Å². The van der Waals surface area contributed by atoms with E-state index in [9.17, 15) is 4.79 Å². The maximum Gasteiger partial charge on any atom is 0.255 e. The fourth-order valence-electron chi connectivity index (χ4n) is 1.55. The van der Waals surface area contributed by atoms with Crippen LogP contribution in [0.5, 0.6) is 0 Å². The summed E-state index contributed by atoms with van der Waals surface area (Å²) in [6.45, 7) is 0.254. The first-order chi connectivity index (χ1) is 9.70. The second-order valence-corrected chi connectivity index (χ2v) is 4.30. The van der Waals surface area contributed by atoms with Crippen molar-refractivity contribution in [3.8, 4) is 11.8 Å². The van der Waals surface area contributed by atoms with E-state index in [0.29, 0.717) is 21.8 Å². The second kappa shape index (κ2) is 6.71. The average Bonchev–Trinajstić information content (AvgIpc) is 2.48. The number of anilines is 1. The summed E-state index contributed by atoms with van der Waals surface area (Å²) in [5.74, 6) is 5.37. The Bertz CT molecular complexity index is 675. The predicted octanol–water partition coefficient (Wildman–Crippen LogP) is 2.30. The van der Waals surface area contributed by atoms with Crippen LogP contribution < -0.4 is 11.1 Å². The van der Waals surface area contributed by atoms with Gasteiger partial charge in [0.25, 0.3) is 5.91 Å². The molecule has 1 heterocycles. The van der Waals surface area contributed by atoms with Gasteiger partial charge in [0.15, 0.2) is 0 Å². The lowest BCUT2D eigenvalue weighted by molar-refractivity contribution is 0.102. The Morgan fingerprint density at radius 1 is 1.30 bits per heavy atom. The molecule has 20 heavy (non-hydrogen) atoms. The summed E-state index contributed by atoms with van der Waals surface area (Å²) in [5.41, 5.74) is 7.11. The van der Waals surface area contributed by atoms with E-state index in [0.717, 1.165) is 0 Å². The molecule has 0 aliphatic heterocycles. The molecule has 1 amide bonds. The standard InChI is InChI=1S/C15H12ClN3O/c16-14-4-3-13(10-12(14)2-1-7-17)19-15(20)11-5-8-18-9-6-11/h3-6,8-10H,7,17H2,(H,19,20). The van der Waals surface area contributed by atoms with Crippen molar-refractivity contribution < 1.29 is 4.79 Å². The van der Waals surface area contributed by atoms with Crippen LogP contribution in [0.2, 0.25) is 5.02 Å². The van der Waals surface area contributed by atoms with Crippen molar-refractivity contribution in [1.29, 1.82) is 0 Å². The van der Waals surface area contributed by atoms with Crippen LogP contribution in [0.1, 0.15) is 15.9 Å². The van der Waals surface area contributed by atoms with E-state index in [2.05, 4.69) is 22.1 Å². The summed E-state index contributed by atoms with van der Waals surface area (Å²) in [7, 11) is 0. The van der Waals surface area contributed by atoms with Crippen LogP contribution in [0.4, 0.5) is 5.69 Å². The van der Waals surface area contributed by atoms with Crippen molar-refractivity contribution in [2.24, 2.45) is 5.73 Å². The number of hydrogen-bond acceptors (Lipinski definition) is 3. The van der Waals surface area contributed by atoms with Gasteiger partial charge in [0.1, 0.15) is 0 Å². The van der Waals surface area contributed by atoms with Crippen LogP contribution in [0, 0.1) is 11.8 Å². The number of hydrogen-bond donors (Lipinski definition) is 2. The van der Waals surface area contributed by atoms with E-state index in [4.69, 9.17) is 17.3 Å². The molecule has 5 heteroatoms. The van der Waals surface area contributed by atoms with Crippen molar-refractivity contribution in [1.82, 2.24) is 4.98 Å². The molecule has 1 aromatic carbocycles. The number of nitrogens with one attached hydrogen (secondary N) is 1. The SMILES string of the molecule is NCC#Cc1cc(NC(=O)c2ccncc2)ccc1Cl. The highest BCUT2D eigenvalue weighted by Gasteiger charge is 2.06. The fourth-order valence-corrected chi connectivity index (χ4v) is 1.72. The summed E-state index contributed by atoms with van der Waals surface area (Å²) in [6, 6.07) is 8.39. The number of carbonyl (C=O) groups is 1. The lowest BCUT2D eigenvalue weighted by atomic mass is 10.2. The first kappa shape index (κ1) is 14.1. The van der Waals surface area contributed by atoms with E-state index in [1.165, 1.54) is 0 Å². The molecule has 0 fully saturated rings. The Labute approximate surface area is 122 Å². The van der Waals surface area contributed by atoms with Gasteiger partial charge in [-0.2, -0.15) is 0 Å². The lowest BCUT2D eigenvalue weighted by Crippen LogP contribution is -2.11. The van der Waals surface area contributed by atoms with Gasteiger partial charge in [-0.25, -0.2) is 0 Å². The Kier molecular flexibility index (Phi) is 4.72. The van der Waals surface area contributed by atoms with Crippen molar-refractivity contribution >= 4 is 23.2 Å². The molecule has 1 aromatic heterocycles. The van der Waals surface area contributed by atoms with Gasteiger partial charge >= 0.3 is 0 Å². The van der Waals surface area contributed by atoms with Gasteiger partial charge in [0, 0.05) is 29.2 Å².